The maximum Gasteiger partial charge on any atom is 0.214 e. The number of ether oxygens (including phenoxy) is 1. The molecule has 2 rings (SSSR count). The van der Waals surface area contributed by atoms with Crippen LogP contribution in [0.1, 0.15) is 24.5 Å². The van der Waals surface area contributed by atoms with E-state index in [0.29, 0.717) is 13.1 Å². The van der Waals surface area contributed by atoms with Crippen molar-refractivity contribution in [3.63, 3.8) is 0 Å². The third-order valence-electron chi connectivity index (χ3n) is 3.29. The standard InChI is InChI=1S/C13H19NO3S/c1-3-12-9-11(5-6-13(12)17-2)10-14-7-4-8-18(14,15)16/h5-6,9H,3-4,7-8,10H2,1-2H3. The average molecular weight is 269 g/mol. The van der Waals surface area contributed by atoms with E-state index in [2.05, 4.69) is 6.92 Å². The Bertz CT molecular complexity index is 525. The molecule has 0 atom stereocenters. The molecule has 0 amide bonds. The van der Waals surface area contributed by atoms with Crippen molar-refractivity contribution < 1.29 is 13.2 Å². The van der Waals surface area contributed by atoms with Crippen LogP contribution in [0.3, 0.4) is 0 Å². The third kappa shape index (κ3) is 2.67. The van der Waals surface area contributed by atoms with E-state index in [1.54, 1.807) is 11.4 Å². The minimum Gasteiger partial charge on any atom is -0.496 e. The molecule has 0 aromatic heterocycles. The van der Waals surface area contributed by atoms with Gasteiger partial charge in [0.25, 0.3) is 0 Å². The largest absolute Gasteiger partial charge is 0.496 e. The van der Waals surface area contributed by atoms with Gasteiger partial charge in [-0.25, -0.2) is 8.42 Å². The highest BCUT2D eigenvalue weighted by Gasteiger charge is 2.28. The highest BCUT2D eigenvalue weighted by molar-refractivity contribution is 7.89. The van der Waals surface area contributed by atoms with Gasteiger partial charge in [-0.1, -0.05) is 19.1 Å². The topological polar surface area (TPSA) is 46.6 Å². The predicted molar refractivity (Wildman–Crippen MR) is 71.2 cm³/mol. The van der Waals surface area contributed by atoms with Crippen LogP contribution in [0.25, 0.3) is 0 Å². The SMILES string of the molecule is CCc1cc(CN2CCCS2(=O)=O)ccc1OC. The van der Waals surface area contributed by atoms with E-state index >= 15 is 0 Å². The van der Waals surface area contributed by atoms with Gasteiger partial charge in [-0.3, -0.25) is 0 Å². The van der Waals surface area contributed by atoms with Crippen LogP contribution in [-0.4, -0.2) is 32.1 Å². The summed E-state index contributed by atoms with van der Waals surface area (Å²) < 4.78 is 30.3. The van der Waals surface area contributed by atoms with Gasteiger partial charge in [0.15, 0.2) is 0 Å². The summed E-state index contributed by atoms with van der Waals surface area (Å²) in [6.07, 6.45) is 1.61. The van der Waals surface area contributed by atoms with E-state index in [9.17, 15) is 8.42 Å². The first kappa shape index (κ1) is 13.4. The van der Waals surface area contributed by atoms with Gasteiger partial charge >= 0.3 is 0 Å². The van der Waals surface area contributed by atoms with Crippen LogP contribution in [0.15, 0.2) is 18.2 Å². The Hall–Kier alpha value is -1.07. The molecular formula is C13H19NO3S. The van der Waals surface area contributed by atoms with Gasteiger partial charge in [0.05, 0.1) is 12.9 Å². The zero-order chi connectivity index (χ0) is 13.2. The highest BCUT2D eigenvalue weighted by atomic mass is 32.2. The van der Waals surface area contributed by atoms with Crippen molar-refractivity contribution in [2.75, 3.05) is 19.4 Å². The molecule has 1 aliphatic rings. The van der Waals surface area contributed by atoms with Gasteiger partial charge < -0.3 is 4.74 Å². The Morgan fingerprint density at radius 1 is 1.39 bits per heavy atom. The van der Waals surface area contributed by atoms with E-state index in [-0.39, 0.29) is 5.75 Å². The van der Waals surface area contributed by atoms with Crippen molar-refractivity contribution in [2.24, 2.45) is 0 Å². The van der Waals surface area contributed by atoms with Gasteiger partial charge in [0, 0.05) is 13.1 Å². The lowest BCUT2D eigenvalue weighted by atomic mass is 10.1. The van der Waals surface area contributed by atoms with Crippen LogP contribution < -0.4 is 4.74 Å². The molecule has 0 N–H and O–H groups in total. The summed E-state index contributed by atoms with van der Waals surface area (Å²) in [7, 11) is -1.37. The van der Waals surface area contributed by atoms with Gasteiger partial charge in [0.2, 0.25) is 10.0 Å². The zero-order valence-electron chi connectivity index (χ0n) is 10.8. The number of sulfonamides is 1. The molecule has 1 aliphatic heterocycles. The van der Waals surface area contributed by atoms with Gasteiger partial charge in [-0.2, -0.15) is 4.31 Å². The van der Waals surface area contributed by atoms with E-state index in [0.717, 1.165) is 29.7 Å². The van der Waals surface area contributed by atoms with Crippen molar-refractivity contribution in [2.45, 2.75) is 26.3 Å². The quantitative estimate of drug-likeness (QED) is 0.837. The van der Waals surface area contributed by atoms with Crippen LogP contribution in [0.2, 0.25) is 0 Å². The lowest BCUT2D eigenvalue weighted by molar-refractivity contribution is 0.408. The predicted octanol–water partition coefficient (Wildman–Crippen LogP) is 1.79. The second-order valence-electron chi connectivity index (χ2n) is 4.50. The minimum absolute atomic E-state index is 0.282. The number of hydrogen-bond donors (Lipinski definition) is 0. The molecule has 0 radical (unpaired) electrons. The molecule has 1 saturated heterocycles. The summed E-state index contributed by atoms with van der Waals surface area (Å²) in [5.41, 5.74) is 2.14. The molecule has 1 aromatic rings. The third-order valence-corrected chi connectivity index (χ3v) is 5.19. The monoisotopic (exact) mass is 269 g/mol. The Morgan fingerprint density at radius 2 is 2.17 bits per heavy atom. The molecular weight excluding hydrogens is 250 g/mol. The number of hydrogen-bond acceptors (Lipinski definition) is 3. The Labute approximate surface area is 109 Å². The van der Waals surface area contributed by atoms with Gasteiger partial charge in [0.1, 0.15) is 5.75 Å². The lowest BCUT2D eigenvalue weighted by Gasteiger charge is -2.15. The Balaban J connectivity index is 2.20. The number of rotatable bonds is 4. The van der Waals surface area contributed by atoms with Crippen molar-refractivity contribution in [3.05, 3.63) is 29.3 Å². The summed E-state index contributed by atoms with van der Waals surface area (Å²) in [5, 5.41) is 0. The van der Waals surface area contributed by atoms with Crippen LogP contribution >= 0.6 is 0 Å². The molecule has 5 heteroatoms. The summed E-state index contributed by atoms with van der Waals surface area (Å²) in [6, 6.07) is 5.88. The van der Waals surface area contributed by atoms with E-state index in [1.165, 1.54) is 0 Å². The fourth-order valence-electron chi connectivity index (χ4n) is 2.28. The first-order chi connectivity index (χ1) is 8.56. The Morgan fingerprint density at radius 3 is 2.72 bits per heavy atom. The number of benzene rings is 1. The summed E-state index contributed by atoms with van der Waals surface area (Å²) in [4.78, 5) is 0. The zero-order valence-corrected chi connectivity index (χ0v) is 11.7. The minimum atomic E-state index is -3.02. The second kappa shape index (κ2) is 5.28. The average Bonchev–Trinajstić information content (AvgIpc) is 2.68. The fraction of sp³-hybridized carbons (Fsp3) is 0.538. The Kier molecular flexibility index (Phi) is 3.92. The fourth-order valence-corrected chi connectivity index (χ4v) is 3.78. The molecule has 1 aromatic carbocycles. The number of aryl methyl sites for hydroxylation is 1. The highest BCUT2D eigenvalue weighted by Crippen LogP contribution is 2.23. The van der Waals surface area contributed by atoms with Crippen LogP contribution in [-0.2, 0) is 23.0 Å². The molecule has 1 heterocycles. The molecule has 0 aliphatic carbocycles. The second-order valence-corrected chi connectivity index (χ2v) is 6.59. The molecule has 4 nitrogen and oxygen atoms in total. The van der Waals surface area contributed by atoms with Crippen molar-refractivity contribution in [3.8, 4) is 5.75 Å². The van der Waals surface area contributed by atoms with Crippen LogP contribution in [0.5, 0.6) is 5.75 Å². The van der Waals surface area contributed by atoms with Crippen molar-refractivity contribution in [1.29, 1.82) is 0 Å². The van der Waals surface area contributed by atoms with Gasteiger partial charge in [-0.15, -0.1) is 0 Å². The van der Waals surface area contributed by atoms with E-state index in [1.807, 2.05) is 18.2 Å². The first-order valence-electron chi connectivity index (χ1n) is 6.20. The molecule has 0 saturated carbocycles. The molecule has 0 spiro atoms. The van der Waals surface area contributed by atoms with Crippen LogP contribution in [0.4, 0.5) is 0 Å². The smallest absolute Gasteiger partial charge is 0.214 e. The maximum atomic E-state index is 11.7. The molecule has 18 heavy (non-hydrogen) atoms. The summed E-state index contributed by atoms with van der Waals surface area (Å²) in [5.74, 6) is 1.15. The normalized spacial score (nSPS) is 19.0. The van der Waals surface area contributed by atoms with Crippen molar-refractivity contribution in [1.82, 2.24) is 4.31 Å². The lowest BCUT2D eigenvalue weighted by Crippen LogP contribution is -2.25. The number of methoxy groups -OCH3 is 1. The van der Waals surface area contributed by atoms with E-state index < -0.39 is 10.0 Å². The molecule has 100 valence electrons. The molecule has 0 unspecified atom stereocenters. The molecule has 0 bridgehead atoms. The van der Waals surface area contributed by atoms with Gasteiger partial charge in [-0.05, 0) is 30.0 Å². The first-order valence-corrected chi connectivity index (χ1v) is 7.81. The van der Waals surface area contributed by atoms with Crippen molar-refractivity contribution >= 4 is 10.0 Å². The summed E-state index contributed by atoms with van der Waals surface area (Å²) >= 11 is 0. The van der Waals surface area contributed by atoms with E-state index in [4.69, 9.17) is 4.74 Å². The molecule has 1 fully saturated rings. The maximum absolute atomic E-state index is 11.7. The number of nitrogens with zero attached hydrogens (tertiary/aromatic N) is 1. The van der Waals surface area contributed by atoms with Crippen LogP contribution in [0, 0.1) is 0 Å². The summed E-state index contributed by atoms with van der Waals surface area (Å²) in [6.45, 7) is 3.17.